The molecule has 1 aromatic rings. The van der Waals surface area contributed by atoms with Crippen LogP contribution in [-0.2, 0) is 4.79 Å². The summed E-state index contributed by atoms with van der Waals surface area (Å²) >= 11 is 0. The van der Waals surface area contributed by atoms with E-state index in [0.717, 1.165) is 36.8 Å². The van der Waals surface area contributed by atoms with Crippen LogP contribution in [0.15, 0.2) is 12.1 Å². The van der Waals surface area contributed by atoms with Crippen molar-refractivity contribution in [1.29, 1.82) is 0 Å². The van der Waals surface area contributed by atoms with Crippen LogP contribution < -0.4 is 4.74 Å². The smallest absolute Gasteiger partial charge is 0.314 e. The number of rotatable bonds is 8. The van der Waals surface area contributed by atoms with E-state index in [9.17, 15) is 22.8 Å². The Bertz CT molecular complexity index is 792. The minimum atomic E-state index is -3.16. The number of hydrogen-bond donors (Lipinski definition) is 0. The van der Waals surface area contributed by atoms with Crippen molar-refractivity contribution in [1.82, 2.24) is 0 Å². The van der Waals surface area contributed by atoms with E-state index in [-0.39, 0.29) is 17.9 Å². The number of carbonyl (C=O) groups excluding carboxylic acids is 2. The summed E-state index contributed by atoms with van der Waals surface area (Å²) in [5.41, 5.74) is -1.33. The van der Waals surface area contributed by atoms with E-state index in [4.69, 9.17) is 4.74 Å². The van der Waals surface area contributed by atoms with Gasteiger partial charge in [-0.1, -0.05) is 39.5 Å². The van der Waals surface area contributed by atoms with Gasteiger partial charge in [0.15, 0.2) is 17.3 Å². The summed E-state index contributed by atoms with van der Waals surface area (Å²) in [5.74, 6) is -1.08. The standard InChI is InChI=1S/C26H35F3O3/c1-3-5-16-6-8-17(9-7-16)18-10-12-19(13-11-18)26(31)32-22-15-14-20(21(30)4-2)23(24(22)27)25(28)29/h14-19,25H,3-13H2,1-2H3. The number of benzene rings is 1. The van der Waals surface area contributed by atoms with Gasteiger partial charge in [0, 0.05) is 12.0 Å². The molecule has 0 N–H and O–H groups in total. The first kappa shape index (κ1) is 24.8. The molecule has 0 bridgehead atoms. The second-order valence-corrected chi connectivity index (χ2v) is 9.52. The van der Waals surface area contributed by atoms with Crippen LogP contribution in [0, 0.1) is 29.5 Å². The van der Waals surface area contributed by atoms with E-state index in [1.165, 1.54) is 45.4 Å². The highest BCUT2D eigenvalue weighted by Gasteiger charge is 2.34. The maximum Gasteiger partial charge on any atom is 0.314 e. The van der Waals surface area contributed by atoms with Crippen LogP contribution in [0.4, 0.5) is 13.2 Å². The summed E-state index contributed by atoms with van der Waals surface area (Å²) < 4.78 is 46.7. The molecule has 0 aromatic heterocycles. The molecule has 3 rings (SSSR count). The van der Waals surface area contributed by atoms with Crippen LogP contribution in [0.25, 0.3) is 0 Å². The zero-order valence-corrected chi connectivity index (χ0v) is 19.2. The number of esters is 1. The first-order valence-corrected chi connectivity index (χ1v) is 12.2. The van der Waals surface area contributed by atoms with Gasteiger partial charge < -0.3 is 4.74 Å². The van der Waals surface area contributed by atoms with Gasteiger partial charge in [-0.2, -0.15) is 0 Å². The summed E-state index contributed by atoms with van der Waals surface area (Å²) in [4.78, 5) is 24.5. The van der Waals surface area contributed by atoms with Crippen LogP contribution in [0.2, 0.25) is 0 Å². The molecule has 6 heteroatoms. The average Bonchev–Trinajstić information content (AvgIpc) is 2.80. The minimum Gasteiger partial charge on any atom is -0.423 e. The molecule has 0 heterocycles. The van der Waals surface area contributed by atoms with Crippen molar-refractivity contribution in [3.8, 4) is 5.75 Å². The van der Waals surface area contributed by atoms with Crippen LogP contribution in [0.5, 0.6) is 5.75 Å². The monoisotopic (exact) mass is 452 g/mol. The number of carbonyl (C=O) groups is 2. The number of ketones is 1. The van der Waals surface area contributed by atoms with Gasteiger partial charge >= 0.3 is 5.97 Å². The predicted octanol–water partition coefficient (Wildman–Crippen LogP) is 7.67. The molecule has 2 aliphatic rings. The van der Waals surface area contributed by atoms with Crippen LogP contribution in [0.1, 0.15) is 107 Å². The molecule has 32 heavy (non-hydrogen) atoms. The Balaban J connectivity index is 1.57. The van der Waals surface area contributed by atoms with Crippen molar-refractivity contribution in [3.63, 3.8) is 0 Å². The molecule has 0 amide bonds. The second-order valence-electron chi connectivity index (χ2n) is 9.52. The Morgan fingerprint density at radius 1 is 0.969 bits per heavy atom. The van der Waals surface area contributed by atoms with Gasteiger partial charge in [0.05, 0.1) is 11.5 Å². The lowest BCUT2D eigenvalue weighted by atomic mass is 9.69. The summed E-state index contributed by atoms with van der Waals surface area (Å²) in [6.45, 7) is 3.77. The fourth-order valence-corrected chi connectivity index (χ4v) is 5.67. The lowest BCUT2D eigenvalue weighted by Gasteiger charge is -2.37. The Morgan fingerprint density at radius 3 is 2.09 bits per heavy atom. The third-order valence-electron chi connectivity index (χ3n) is 7.55. The average molecular weight is 453 g/mol. The predicted molar refractivity (Wildman–Crippen MR) is 117 cm³/mol. The van der Waals surface area contributed by atoms with Gasteiger partial charge in [-0.25, -0.2) is 13.2 Å². The Kier molecular flexibility index (Phi) is 8.78. The maximum absolute atomic E-state index is 14.7. The minimum absolute atomic E-state index is 0.0121. The van der Waals surface area contributed by atoms with Crippen molar-refractivity contribution in [3.05, 3.63) is 29.1 Å². The number of hydrogen-bond acceptors (Lipinski definition) is 3. The first-order chi connectivity index (χ1) is 15.3. The molecule has 0 saturated heterocycles. The highest BCUT2D eigenvalue weighted by molar-refractivity contribution is 5.97. The third-order valence-corrected chi connectivity index (χ3v) is 7.55. The number of alkyl halides is 2. The second kappa shape index (κ2) is 11.3. The molecule has 0 atom stereocenters. The van der Waals surface area contributed by atoms with Crippen molar-refractivity contribution in [2.45, 2.75) is 90.9 Å². The summed E-state index contributed by atoms with van der Waals surface area (Å²) in [7, 11) is 0. The highest BCUT2D eigenvalue weighted by atomic mass is 19.3. The van der Waals surface area contributed by atoms with Crippen molar-refractivity contribution in [2.75, 3.05) is 0 Å². The highest BCUT2D eigenvalue weighted by Crippen LogP contribution is 2.42. The largest absolute Gasteiger partial charge is 0.423 e. The Labute approximate surface area is 189 Å². The summed E-state index contributed by atoms with van der Waals surface area (Å²) in [6.07, 6.45) is 7.85. The lowest BCUT2D eigenvalue weighted by molar-refractivity contribution is -0.140. The lowest BCUT2D eigenvalue weighted by Crippen LogP contribution is -2.30. The Morgan fingerprint density at radius 2 is 1.56 bits per heavy atom. The van der Waals surface area contributed by atoms with Gasteiger partial charge in [0.1, 0.15) is 0 Å². The fourth-order valence-electron chi connectivity index (χ4n) is 5.67. The third kappa shape index (κ3) is 5.74. The molecule has 0 radical (unpaired) electrons. The van der Waals surface area contributed by atoms with Gasteiger partial charge in [-0.3, -0.25) is 9.59 Å². The molecule has 3 nitrogen and oxygen atoms in total. The van der Waals surface area contributed by atoms with Crippen molar-refractivity contribution in [2.24, 2.45) is 23.7 Å². The van der Waals surface area contributed by atoms with E-state index in [1.54, 1.807) is 0 Å². The zero-order valence-electron chi connectivity index (χ0n) is 19.2. The Hall–Kier alpha value is -1.85. The number of Topliss-reactive ketones (excluding diaryl/α,β-unsaturated/α-hetero) is 1. The molecule has 2 fully saturated rings. The molecule has 0 unspecified atom stereocenters. The van der Waals surface area contributed by atoms with Crippen molar-refractivity contribution >= 4 is 11.8 Å². The van der Waals surface area contributed by atoms with Gasteiger partial charge in [0.25, 0.3) is 6.43 Å². The number of halogens is 3. The van der Waals surface area contributed by atoms with Crippen LogP contribution >= 0.6 is 0 Å². The fraction of sp³-hybridized carbons (Fsp3) is 0.692. The van der Waals surface area contributed by atoms with Crippen LogP contribution in [-0.4, -0.2) is 11.8 Å². The van der Waals surface area contributed by atoms with E-state index >= 15 is 0 Å². The molecule has 0 aliphatic heterocycles. The molecule has 2 aliphatic carbocycles. The molecule has 2 saturated carbocycles. The van der Waals surface area contributed by atoms with E-state index in [1.807, 2.05) is 0 Å². The van der Waals surface area contributed by atoms with Crippen LogP contribution in [0.3, 0.4) is 0 Å². The molecule has 0 spiro atoms. The molecular formula is C26H35F3O3. The molecule has 178 valence electrons. The molecule has 1 aromatic carbocycles. The van der Waals surface area contributed by atoms with Gasteiger partial charge in [-0.15, -0.1) is 0 Å². The van der Waals surface area contributed by atoms with Gasteiger partial charge in [-0.05, 0) is 68.4 Å². The van der Waals surface area contributed by atoms with Gasteiger partial charge in [0.2, 0.25) is 0 Å². The zero-order chi connectivity index (χ0) is 23.3. The quantitative estimate of drug-likeness (QED) is 0.231. The maximum atomic E-state index is 14.7. The SMILES string of the molecule is CCCC1CCC(C2CCC(C(=O)Oc3ccc(C(=O)CC)c(C(F)F)c3F)CC2)CC1. The topological polar surface area (TPSA) is 43.4 Å². The summed E-state index contributed by atoms with van der Waals surface area (Å²) in [6, 6.07) is 2.24. The van der Waals surface area contributed by atoms with Crippen molar-refractivity contribution < 1.29 is 27.5 Å². The first-order valence-electron chi connectivity index (χ1n) is 12.2. The number of ether oxygens (including phenoxy) is 1. The van der Waals surface area contributed by atoms with E-state index < -0.39 is 35.3 Å². The molecular weight excluding hydrogens is 417 g/mol. The normalized spacial score (nSPS) is 26.2. The summed E-state index contributed by atoms with van der Waals surface area (Å²) in [5, 5.41) is 0. The van der Waals surface area contributed by atoms with E-state index in [2.05, 4.69) is 6.92 Å². The van der Waals surface area contributed by atoms with E-state index in [0.29, 0.717) is 18.8 Å².